The van der Waals surface area contributed by atoms with Crippen LogP contribution in [-0.4, -0.2) is 20.9 Å². The average molecular weight is 415 g/mol. The summed E-state index contributed by atoms with van der Waals surface area (Å²) in [6, 6.07) is 21.8. The Morgan fingerprint density at radius 2 is 1.57 bits per heavy atom. The zero-order valence-electron chi connectivity index (χ0n) is 15.2. The lowest BCUT2D eigenvalue weighted by Crippen LogP contribution is -2.38. The monoisotopic (exact) mass is 414 g/mol. The smallest absolute Gasteiger partial charge is 0.264 e. The zero-order valence-corrected chi connectivity index (χ0v) is 16.7. The lowest BCUT2D eigenvalue weighted by atomic mass is 10.2. The molecule has 5 nitrogen and oxygen atoms in total. The molecule has 3 aromatic rings. The molecule has 0 aliphatic heterocycles. The number of para-hydroxylation sites is 1. The van der Waals surface area contributed by atoms with Gasteiger partial charge in [-0.05, 0) is 48.9 Å². The van der Waals surface area contributed by atoms with Crippen LogP contribution < -0.4 is 9.62 Å². The number of nitrogens with zero attached hydrogens (tertiary/aromatic N) is 1. The highest BCUT2D eigenvalue weighted by Gasteiger charge is 2.28. The van der Waals surface area contributed by atoms with E-state index in [1.807, 2.05) is 6.07 Å². The number of rotatable bonds is 6. The maximum atomic E-state index is 13.3. The van der Waals surface area contributed by atoms with Gasteiger partial charge >= 0.3 is 0 Å². The Labute approximate surface area is 169 Å². The molecule has 0 spiro atoms. The van der Waals surface area contributed by atoms with Gasteiger partial charge in [-0.15, -0.1) is 0 Å². The van der Waals surface area contributed by atoms with Crippen molar-refractivity contribution in [3.63, 3.8) is 0 Å². The molecule has 28 heavy (non-hydrogen) atoms. The quantitative estimate of drug-likeness (QED) is 0.646. The van der Waals surface area contributed by atoms with Crippen LogP contribution in [0.5, 0.6) is 0 Å². The van der Waals surface area contributed by atoms with E-state index in [4.69, 9.17) is 11.6 Å². The van der Waals surface area contributed by atoms with E-state index in [1.54, 1.807) is 67.6 Å². The number of anilines is 2. The minimum Gasteiger partial charge on any atom is -0.325 e. The summed E-state index contributed by atoms with van der Waals surface area (Å²) in [5.41, 5.74) is 1.64. The van der Waals surface area contributed by atoms with Gasteiger partial charge in [0.05, 0.1) is 10.6 Å². The van der Waals surface area contributed by atoms with E-state index < -0.39 is 15.9 Å². The molecule has 3 aromatic carbocycles. The molecule has 0 aliphatic carbocycles. The number of hydrogen-bond donors (Lipinski definition) is 1. The zero-order chi connectivity index (χ0) is 20.1. The Kier molecular flexibility index (Phi) is 6.02. The third-order valence-electron chi connectivity index (χ3n) is 4.12. The van der Waals surface area contributed by atoms with Crippen molar-refractivity contribution >= 4 is 38.9 Å². The number of nitrogens with one attached hydrogen (secondary N) is 1. The van der Waals surface area contributed by atoms with Gasteiger partial charge in [0, 0.05) is 10.7 Å². The van der Waals surface area contributed by atoms with Crippen molar-refractivity contribution in [2.24, 2.45) is 0 Å². The van der Waals surface area contributed by atoms with Crippen LogP contribution in [0.2, 0.25) is 5.02 Å². The van der Waals surface area contributed by atoms with Crippen LogP contribution in [0.25, 0.3) is 0 Å². The maximum absolute atomic E-state index is 13.3. The van der Waals surface area contributed by atoms with Gasteiger partial charge in [0.2, 0.25) is 5.91 Å². The van der Waals surface area contributed by atoms with E-state index in [0.29, 0.717) is 22.0 Å². The fraction of sp³-hybridized carbons (Fsp3) is 0.0952. The van der Waals surface area contributed by atoms with E-state index in [1.165, 1.54) is 12.1 Å². The standard InChI is InChI=1S/C21H19ClN2O3S/c1-16-12-13-17(22)14-20(16)24(28(26,27)19-10-6-3-7-11-19)15-21(25)23-18-8-4-2-5-9-18/h2-14H,15H2,1H3,(H,23,25). The number of sulfonamides is 1. The van der Waals surface area contributed by atoms with E-state index in [-0.39, 0.29) is 11.4 Å². The molecule has 0 aliphatic rings. The van der Waals surface area contributed by atoms with Crippen molar-refractivity contribution in [1.82, 2.24) is 0 Å². The summed E-state index contributed by atoms with van der Waals surface area (Å²) in [6.45, 7) is 1.39. The summed E-state index contributed by atoms with van der Waals surface area (Å²) < 4.78 is 27.7. The molecule has 0 bridgehead atoms. The van der Waals surface area contributed by atoms with Crippen LogP contribution in [0.3, 0.4) is 0 Å². The summed E-state index contributed by atoms with van der Waals surface area (Å²) in [7, 11) is -3.97. The lowest BCUT2D eigenvalue weighted by Gasteiger charge is -2.25. The second-order valence-corrected chi connectivity index (χ2v) is 8.47. The Hall–Kier alpha value is -2.83. The molecule has 0 heterocycles. The normalized spacial score (nSPS) is 11.1. The molecule has 0 saturated carbocycles. The Bertz CT molecular complexity index is 1070. The molecule has 7 heteroatoms. The SMILES string of the molecule is Cc1ccc(Cl)cc1N(CC(=O)Nc1ccccc1)S(=O)(=O)c1ccccc1. The summed E-state index contributed by atoms with van der Waals surface area (Å²) in [4.78, 5) is 12.7. The highest BCUT2D eigenvalue weighted by Crippen LogP contribution is 2.29. The van der Waals surface area contributed by atoms with E-state index >= 15 is 0 Å². The first kappa shape index (κ1) is 19.9. The largest absolute Gasteiger partial charge is 0.325 e. The topological polar surface area (TPSA) is 66.5 Å². The van der Waals surface area contributed by atoms with Crippen LogP contribution in [0.4, 0.5) is 11.4 Å². The first-order chi connectivity index (χ1) is 13.4. The van der Waals surface area contributed by atoms with Gasteiger partial charge in [0.25, 0.3) is 10.0 Å². The van der Waals surface area contributed by atoms with Gasteiger partial charge in [-0.1, -0.05) is 54.1 Å². The molecular weight excluding hydrogens is 396 g/mol. The van der Waals surface area contributed by atoms with Crippen LogP contribution in [0.15, 0.2) is 83.8 Å². The van der Waals surface area contributed by atoms with E-state index in [9.17, 15) is 13.2 Å². The molecule has 0 unspecified atom stereocenters. The van der Waals surface area contributed by atoms with Crippen LogP contribution in [0.1, 0.15) is 5.56 Å². The number of carbonyl (C=O) groups excluding carboxylic acids is 1. The number of aryl methyl sites for hydroxylation is 1. The molecular formula is C21H19ClN2O3S. The predicted octanol–water partition coefficient (Wildman–Crippen LogP) is 4.48. The van der Waals surface area contributed by atoms with Gasteiger partial charge in [0.15, 0.2) is 0 Å². The third kappa shape index (κ3) is 4.52. The van der Waals surface area contributed by atoms with Crippen LogP contribution in [0, 0.1) is 6.92 Å². The van der Waals surface area contributed by atoms with E-state index in [0.717, 1.165) is 4.31 Å². The Balaban J connectivity index is 2.00. The van der Waals surface area contributed by atoms with Crippen molar-refractivity contribution < 1.29 is 13.2 Å². The molecule has 1 amide bonds. The predicted molar refractivity (Wildman–Crippen MR) is 112 cm³/mol. The second-order valence-electron chi connectivity index (χ2n) is 6.17. The van der Waals surface area contributed by atoms with Crippen LogP contribution >= 0.6 is 11.6 Å². The minimum absolute atomic E-state index is 0.0990. The van der Waals surface area contributed by atoms with Crippen molar-refractivity contribution in [3.8, 4) is 0 Å². The number of amides is 1. The molecule has 3 rings (SSSR count). The van der Waals surface area contributed by atoms with Crippen molar-refractivity contribution in [1.29, 1.82) is 0 Å². The van der Waals surface area contributed by atoms with Gasteiger partial charge in [-0.2, -0.15) is 0 Å². The number of halogens is 1. The van der Waals surface area contributed by atoms with Crippen molar-refractivity contribution in [2.45, 2.75) is 11.8 Å². The summed E-state index contributed by atoms with van der Waals surface area (Å²) in [5.74, 6) is -0.454. The molecule has 0 aromatic heterocycles. The van der Waals surface area contributed by atoms with Crippen LogP contribution in [-0.2, 0) is 14.8 Å². The molecule has 144 valence electrons. The first-order valence-corrected chi connectivity index (χ1v) is 10.4. The summed E-state index contributed by atoms with van der Waals surface area (Å²) in [5, 5.41) is 3.11. The fourth-order valence-electron chi connectivity index (χ4n) is 2.72. The minimum atomic E-state index is -3.97. The lowest BCUT2D eigenvalue weighted by molar-refractivity contribution is -0.114. The summed E-state index contributed by atoms with van der Waals surface area (Å²) >= 11 is 6.10. The van der Waals surface area contributed by atoms with Gasteiger partial charge in [0.1, 0.15) is 6.54 Å². The van der Waals surface area contributed by atoms with Crippen molar-refractivity contribution in [3.05, 3.63) is 89.4 Å². The van der Waals surface area contributed by atoms with Gasteiger partial charge in [-0.25, -0.2) is 8.42 Å². The maximum Gasteiger partial charge on any atom is 0.264 e. The highest BCUT2D eigenvalue weighted by molar-refractivity contribution is 7.92. The third-order valence-corrected chi connectivity index (χ3v) is 6.12. The number of carbonyl (C=O) groups is 1. The molecule has 0 radical (unpaired) electrons. The molecule has 0 saturated heterocycles. The molecule has 1 N–H and O–H groups in total. The van der Waals surface area contributed by atoms with Crippen molar-refractivity contribution in [2.75, 3.05) is 16.2 Å². The molecule has 0 fully saturated rings. The first-order valence-electron chi connectivity index (χ1n) is 8.57. The highest BCUT2D eigenvalue weighted by atomic mass is 35.5. The number of benzene rings is 3. The fourth-order valence-corrected chi connectivity index (χ4v) is 4.39. The second kappa shape index (κ2) is 8.46. The van der Waals surface area contributed by atoms with Gasteiger partial charge < -0.3 is 5.32 Å². The molecule has 0 atom stereocenters. The Morgan fingerprint density at radius 1 is 0.964 bits per heavy atom. The average Bonchev–Trinajstić information content (AvgIpc) is 2.69. The van der Waals surface area contributed by atoms with E-state index in [2.05, 4.69) is 5.32 Å². The van der Waals surface area contributed by atoms with Gasteiger partial charge in [-0.3, -0.25) is 9.10 Å². The summed E-state index contributed by atoms with van der Waals surface area (Å²) in [6.07, 6.45) is 0. The Morgan fingerprint density at radius 3 is 2.21 bits per heavy atom. The number of hydrogen-bond acceptors (Lipinski definition) is 3.